The summed E-state index contributed by atoms with van der Waals surface area (Å²) in [6.07, 6.45) is 0. The minimum atomic E-state index is -1.42. The monoisotopic (exact) mass is 311 g/mol. The van der Waals surface area contributed by atoms with Crippen molar-refractivity contribution in [2.45, 2.75) is 6.04 Å². The molecular weight excluding hydrogens is 300 g/mol. The lowest BCUT2D eigenvalue weighted by Gasteiger charge is -2.17. The normalized spacial score (nSPS) is 11.8. The van der Waals surface area contributed by atoms with E-state index in [-0.39, 0.29) is 5.56 Å². The fourth-order valence-corrected chi connectivity index (χ4v) is 2.36. The summed E-state index contributed by atoms with van der Waals surface area (Å²) >= 11 is 1.30. The van der Waals surface area contributed by atoms with Crippen LogP contribution < -0.4 is 5.32 Å². The number of thiophene rings is 1. The van der Waals surface area contributed by atoms with Gasteiger partial charge in [0.05, 0.1) is 12.7 Å². The van der Waals surface area contributed by atoms with Crippen LogP contribution in [-0.4, -0.2) is 19.0 Å². The van der Waals surface area contributed by atoms with Gasteiger partial charge in [0, 0.05) is 10.9 Å². The van der Waals surface area contributed by atoms with Crippen molar-refractivity contribution in [2.75, 3.05) is 7.11 Å². The van der Waals surface area contributed by atoms with E-state index in [0.29, 0.717) is 5.56 Å². The molecule has 1 amide bonds. The third kappa shape index (κ3) is 3.43. The highest BCUT2D eigenvalue weighted by Crippen LogP contribution is 2.20. The standard InChI is InChI=1S/C14H11F2NO3S/c1-20-14(19)12(10-6-9(15)2-3-11(10)16)17-13(18)8-4-5-21-7-8/h2-7,12H,1H3,(H,17,18). The highest BCUT2D eigenvalue weighted by atomic mass is 32.1. The molecule has 21 heavy (non-hydrogen) atoms. The van der Waals surface area contributed by atoms with Gasteiger partial charge in [-0.3, -0.25) is 4.79 Å². The molecule has 1 aromatic carbocycles. The predicted octanol–water partition coefficient (Wildman–Crippen LogP) is 2.67. The van der Waals surface area contributed by atoms with Crippen LogP contribution in [0.1, 0.15) is 22.0 Å². The van der Waals surface area contributed by atoms with E-state index in [1.807, 2.05) is 0 Å². The van der Waals surface area contributed by atoms with Crippen molar-refractivity contribution in [3.05, 3.63) is 57.8 Å². The summed E-state index contributed by atoms with van der Waals surface area (Å²) in [4.78, 5) is 23.7. The van der Waals surface area contributed by atoms with Gasteiger partial charge in [-0.2, -0.15) is 11.3 Å². The number of rotatable bonds is 4. The van der Waals surface area contributed by atoms with Crippen molar-refractivity contribution in [1.29, 1.82) is 0 Å². The molecule has 1 unspecified atom stereocenters. The van der Waals surface area contributed by atoms with E-state index in [1.165, 1.54) is 11.3 Å². The first-order valence-corrected chi connectivity index (χ1v) is 6.83. The summed E-state index contributed by atoms with van der Waals surface area (Å²) in [5.41, 5.74) is 0.0381. The van der Waals surface area contributed by atoms with E-state index >= 15 is 0 Å². The van der Waals surface area contributed by atoms with Crippen molar-refractivity contribution in [3.63, 3.8) is 0 Å². The number of amides is 1. The summed E-state index contributed by atoms with van der Waals surface area (Å²) in [6, 6.07) is 2.80. The number of carbonyl (C=O) groups is 2. The molecule has 7 heteroatoms. The fourth-order valence-electron chi connectivity index (χ4n) is 1.73. The van der Waals surface area contributed by atoms with Gasteiger partial charge in [0.1, 0.15) is 11.6 Å². The van der Waals surface area contributed by atoms with Crippen molar-refractivity contribution < 1.29 is 23.1 Å². The first kappa shape index (κ1) is 15.1. The number of hydrogen-bond acceptors (Lipinski definition) is 4. The van der Waals surface area contributed by atoms with Crippen molar-refractivity contribution in [1.82, 2.24) is 5.32 Å². The van der Waals surface area contributed by atoms with Crippen LogP contribution in [0.15, 0.2) is 35.0 Å². The molecule has 0 saturated carbocycles. The van der Waals surface area contributed by atoms with Crippen LogP contribution >= 0.6 is 11.3 Å². The number of esters is 1. The smallest absolute Gasteiger partial charge is 0.333 e. The van der Waals surface area contributed by atoms with Crippen molar-refractivity contribution in [3.8, 4) is 0 Å². The first-order valence-electron chi connectivity index (χ1n) is 5.88. The van der Waals surface area contributed by atoms with Crippen LogP contribution in [0.4, 0.5) is 8.78 Å². The lowest BCUT2D eigenvalue weighted by atomic mass is 10.1. The number of benzene rings is 1. The molecule has 0 aliphatic heterocycles. The Kier molecular flexibility index (Phi) is 4.64. The Hall–Kier alpha value is -2.28. The van der Waals surface area contributed by atoms with Gasteiger partial charge in [0.15, 0.2) is 6.04 Å². The lowest BCUT2D eigenvalue weighted by molar-refractivity contribution is -0.143. The third-order valence-corrected chi connectivity index (χ3v) is 3.45. The molecule has 0 bridgehead atoms. The molecule has 2 rings (SSSR count). The summed E-state index contributed by atoms with van der Waals surface area (Å²) in [5, 5.41) is 5.60. The highest BCUT2D eigenvalue weighted by Gasteiger charge is 2.27. The minimum absolute atomic E-state index is 0.287. The maximum Gasteiger partial charge on any atom is 0.333 e. The Morgan fingerprint density at radius 2 is 2.05 bits per heavy atom. The summed E-state index contributed by atoms with van der Waals surface area (Å²) in [6.45, 7) is 0. The lowest BCUT2D eigenvalue weighted by Crippen LogP contribution is -2.35. The summed E-state index contributed by atoms with van der Waals surface area (Å²) in [7, 11) is 1.10. The number of ether oxygens (including phenoxy) is 1. The third-order valence-electron chi connectivity index (χ3n) is 2.76. The fraction of sp³-hybridized carbons (Fsp3) is 0.143. The number of methoxy groups -OCH3 is 1. The van der Waals surface area contributed by atoms with E-state index in [9.17, 15) is 18.4 Å². The molecule has 0 radical (unpaired) electrons. The van der Waals surface area contributed by atoms with Crippen molar-refractivity contribution >= 4 is 23.2 Å². The number of halogens is 2. The molecule has 2 aromatic rings. The zero-order valence-corrected chi connectivity index (χ0v) is 11.7. The SMILES string of the molecule is COC(=O)C(NC(=O)c1ccsc1)c1cc(F)ccc1F. The molecule has 1 heterocycles. The molecule has 1 aromatic heterocycles. The molecule has 0 aliphatic rings. The van der Waals surface area contributed by atoms with Gasteiger partial charge < -0.3 is 10.1 Å². The van der Waals surface area contributed by atoms with Crippen LogP contribution in [0.25, 0.3) is 0 Å². The second-order valence-electron chi connectivity index (χ2n) is 4.11. The number of carbonyl (C=O) groups excluding carboxylic acids is 2. The first-order chi connectivity index (χ1) is 10.0. The Morgan fingerprint density at radius 1 is 1.29 bits per heavy atom. The van der Waals surface area contributed by atoms with Crippen LogP contribution in [0, 0.1) is 11.6 Å². The quantitative estimate of drug-likeness (QED) is 0.883. The van der Waals surface area contributed by atoms with Gasteiger partial charge in [-0.15, -0.1) is 0 Å². The van der Waals surface area contributed by atoms with E-state index < -0.39 is 29.6 Å². The maximum atomic E-state index is 13.8. The average Bonchev–Trinajstić information content (AvgIpc) is 3.01. The van der Waals surface area contributed by atoms with Crippen LogP contribution in [0.5, 0.6) is 0 Å². The van der Waals surface area contributed by atoms with Gasteiger partial charge in [-0.1, -0.05) is 0 Å². The zero-order chi connectivity index (χ0) is 15.4. The Morgan fingerprint density at radius 3 is 2.67 bits per heavy atom. The molecule has 0 aliphatic carbocycles. The molecule has 0 saturated heterocycles. The van der Waals surface area contributed by atoms with Crippen molar-refractivity contribution in [2.24, 2.45) is 0 Å². The van der Waals surface area contributed by atoms with Crippen LogP contribution in [0.2, 0.25) is 0 Å². The molecule has 1 N–H and O–H groups in total. The van der Waals surface area contributed by atoms with Crippen LogP contribution in [-0.2, 0) is 9.53 Å². The van der Waals surface area contributed by atoms with Gasteiger partial charge in [0.25, 0.3) is 5.91 Å². The molecule has 110 valence electrons. The topological polar surface area (TPSA) is 55.4 Å². The Bertz CT molecular complexity index is 658. The van der Waals surface area contributed by atoms with Crippen LogP contribution in [0.3, 0.4) is 0 Å². The number of hydrogen-bond donors (Lipinski definition) is 1. The molecule has 1 atom stereocenters. The second-order valence-corrected chi connectivity index (χ2v) is 4.89. The minimum Gasteiger partial charge on any atom is -0.467 e. The molecule has 4 nitrogen and oxygen atoms in total. The van der Waals surface area contributed by atoms with Gasteiger partial charge >= 0.3 is 5.97 Å². The van der Waals surface area contributed by atoms with E-state index in [2.05, 4.69) is 10.1 Å². The number of nitrogens with one attached hydrogen (secondary N) is 1. The largest absolute Gasteiger partial charge is 0.467 e. The summed E-state index contributed by atoms with van der Waals surface area (Å²) < 4.78 is 31.6. The van der Waals surface area contributed by atoms with E-state index in [4.69, 9.17) is 0 Å². The second kappa shape index (κ2) is 6.45. The van der Waals surface area contributed by atoms with E-state index in [1.54, 1.807) is 16.8 Å². The van der Waals surface area contributed by atoms with Gasteiger partial charge in [-0.05, 0) is 29.6 Å². The van der Waals surface area contributed by atoms with E-state index in [0.717, 1.165) is 25.3 Å². The highest BCUT2D eigenvalue weighted by molar-refractivity contribution is 7.08. The molecule has 0 spiro atoms. The van der Waals surface area contributed by atoms with Gasteiger partial charge in [-0.25, -0.2) is 13.6 Å². The average molecular weight is 311 g/mol. The Balaban J connectivity index is 2.33. The molecular formula is C14H11F2NO3S. The summed E-state index contributed by atoms with van der Waals surface area (Å²) in [5.74, 6) is -2.99. The Labute approximate surface area is 123 Å². The predicted molar refractivity (Wildman–Crippen MR) is 72.9 cm³/mol. The zero-order valence-electron chi connectivity index (χ0n) is 10.9. The van der Waals surface area contributed by atoms with Gasteiger partial charge in [0.2, 0.25) is 0 Å². The maximum absolute atomic E-state index is 13.8. The molecule has 0 fully saturated rings.